The summed E-state index contributed by atoms with van der Waals surface area (Å²) in [5.74, 6) is 0. The van der Waals surface area contributed by atoms with Crippen LogP contribution in [0.1, 0.15) is 24.5 Å². The van der Waals surface area contributed by atoms with Crippen LogP contribution in [0.15, 0.2) is 8.57 Å². The zero-order chi connectivity index (χ0) is 13.3. The monoisotopic (exact) mass is 279 g/mol. The lowest BCUT2D eigenvalue weighted by molar-refractivity contribution is 0.0776. The molecule has 1 aromatic heterocycles. The number of hydrogen-bond acceptors (Lipinski definition) is 6. The zero-order valence-corrected chi connectivity index (χ0v) is 11.9. The van der Waals surface area contributed by atoms with Gasteiger partial charge in [-0.15, -0.1) is 11.3 Å². The van der Waals surface area contributed by atoms with E-state index in [0.717, 1.165) is 11.3 Å². The molecule has 1 atom stereocenters. The van der Waals surface area contributed by atoms with Gasteiger partial charge in [0.15, 0.2) is 0 Å². The van der Waals surface area contributed by atoms with Gasteiger partial charge in [-0.3, -0.25) is 0 Å². The second-order valence-electron chi connectivity index (χ2n) is 4.00. The van der Waals surface area contributed by atoms with Gasteiger partial charge in [0.1, 0.15) is 24.7 Å². The van der Waals surface area contributed by atoms with Gasteiger partial charge in [-0.25, -0.2) is 18.7 Å². The molecule has 0 aliphatic rings. The van der Waals surface area contributed by atoms with Crippen molar-refractivity contribution in [3.8, 4) is 0 Å². The molecule has 17 heavy (non-hydrogen) atoms. The van der Waals surface area contributed by atoms with Crippen LogP contribution in [0.25, 0.3) is 0 Å². The van der Waals surface area contributed by atoms with Crippen molar-refractivity contribution in [3.05, 3.63) is 10.7 Å². The van der Waals surface area contributed by atoms with Crippen LogP contribution in [0.2, 0.25) is 0 Å². The summed E-state index contributed by atoms with van der Waals surface area (Å²) < 4.78 is 21.0. The van der Waals surface area contributed by atoms with Crippen molar-refractivity contribution >= 4 is 21.3 Å². The molecule has 0 fully saturated rings. The third-order valence-corrected chi connectivity index (χ3v) is 5.48. The van der Waals surface area contributed by atoms with Crippen molar-refractivity contribution in [1.82, 2.24) is 4.98 Å². The normalized spacial score (nSPS) is 15.6. The maximum atomic E-state index is 12.0. The molecule has 0 saturated carbocycles. The summed E-state index contributed by atoms with van der Waals surface area (Å²) >= 11 is 1.10. The Morgan fingerprint density at radius 1 is 1.65 bits per heavy atom. The van der Waals surface area contributed by atoms with Gasteiger partial charge < -0.3 is 9.84 Å². The molecule has 0 bridgehead atoms. The topological polar surface area (TPSA) is 97.8 Å². The molecule has 1 rings (SSSR count). The number of rotatable bonds is 4. The summed E-state index contributed by atoms with van der Waals surface area (Å²) in [5, 5.41) is 15.9. The lowest BCUT2D eigenvalue weighted by Gasteiger charge is -2.12. The van der Waals surface area contributed by atoms with E-state index >= 15 is 0 Å². The minimum Gasteiger partial charge on any atom is -0.383 e. The van der Waals surface area contributed by atoms with Gasteiger partial charge in [0, 0.05) is 14.2 Å². The van der Waals surface area contributed by atoms with E-state index in [1.165, 1.54) is 14.2 Å². The second kappa shape index (κ2) is 4.99. The van der Waals surface area contributed by atoms with Crippen molar-refractivity contribution in [3.63, 3.8) is 0 Å². The number of methoxy groups -OCH3 is 1. The lowest BCUT2D eigenvalue weighted by atomic mass is 10.2. The highest BCUT2D eigenvalue weighted by Gasteiger charge is 2.26. The third kappa shape index (κ3) is 3.23. The minimum absolute atomic E-state index is 0.186. The molecule has 0 saturated heterocycles. The van der Waals surface area contributed by atoms with Crippen LogP contribution in [-0.4, -0.2) is 28.5 Å². The fourth-order valence-electron chi connectivity index (χ4n) is 1.14. The van der Waals surface area contributed by atoms with Crippen LogP contribution in [0.5, 0.6) is 0 Å². The van der Waals surface area contributed by atoms with Gasteiger partial charge in [0.05, 0.1) is 12.3 Å². The van der Waals surface area contributed by atoms with Gasteiger partial charge in [0.2, 0.25) is 0 Å². The first-order chi connectivity index (χ1) is 7.72. The number of aliphatic hydroxyl groups is 1. The van der Waals surface area contributed by atoms with E-state index in [-0.39, 0.29) is 6.61 Å². The van der Waals surface area contributed by atoms with Gasteiger partial charge in [-0.2, -0.15) is 0 Å². The summed E-state index contributed by atoms with van der Waals surface area (Å²) in [4.78, 5) is 4.21. The fourth-order valence-corrected chi connectivity index (χ4v) is 3.49. The quantitative estimate of drug-likeness (QED) is 0.853. The number of hydrogen-bond donors (Lipinski definition) is 2. The smallest absolute Gasteiger partial charge is 0.146 e. The second-order valence-corrected chi connectivity index (χ2v) is 7.16. The summed E-state index contributed by atoms with van der Waals surface area (Å²) in [6.07, 6.45) is 0. The van der Waals surface area contributed by atoms with Crippen molar-refractivity contribution in [2.24, 2.45) is 9.50 Å². The van der Waals surface area contributed by atoms with Gasteiger partial charge in [0.25, 0.3) is 0 Å². The highest BCUT2D eigenvalue weighted by molar-refractivity contribution is 7.93. The largest absolute Gasteiger partial charge is 0.383 e. The van der Waals surface area contributed by atoms with Crippen LogP contribution in [0.3, 0.4) is 0 Å². The van der Waals surface area contributed by atoms with Gasteiger partial charge in [-0.1, -0.05) is 0 Å². The summed E-state index contributed by atoms with van der Waals surface area (Å²) in [6.45, 7) is 3.40. The average Bonchev–Trinajstić information content (AvgIpc) is 2.62. The third-order valence-electron chi connectivity index (χ3n) is 2.00. The van der Waals surface area contributed by atoms with E-state index in [0.29, 0.717) is 14.9 Å². The first kappa shape index (κ1) is 14.5. The molecule has 8 heteroatoms. The zero-order valence-electron chi connectivity index (χ0n) is 10.3. The molecule has 98 valence electrons. The number of nitrogens with two attached hydrogens (primary N) is 1. The Hall–Kier alpha value is -0.540. The summed E-state index contributed by atoms with van der Waals surface area (Å²) in [5.41, 5.74) is -0.637. The van der Waals surface area contributed by atoms with E-state index in [1.54, 1.807) is 13.8 Å². The van der Waals surface area contributed by atoms with Crippen molar-refractivity contribution < 1.29 is 14.1 Å². The fraction of sp³-hybridized carbons (Fsp3) is 0.667. The van der Waals surface area contributed by atoms with E-state index in [1.807, 2.05) is 0 Å². The lowest BCUT2D eigenvalue weighted by Crippen LogP contribution is -2.15. The Bertz CT molecular complexity index is 510. The van der Waals surface area contributed by atoms with E-state index in [4.69, 9.17) is 9.88 Å². The molecule has 0 aliphatic heterocycles. The number of thiazole rings is 1. The molecule has 0 spiro atoms. The van der Waals surface area contributed by atoms with Crippen LogP contribution in [0, 0.1) is 0 Å². The highest BCUT2D eigenvalue weighted by Crippen LogP contribution is 2.31. The maximum Gasteiger partial charge on any atom is 0.146 e. The molecular weight excluding hydrogens is 262 g/mol. The minimum atomic E-state index is -2.95. The molecule has 0 amide bonds. The SMILES string of the molecule is CN=S(N)(=O)c1sc(C(C)(C)O)nc1COC. The summed E-state index contributed by atoms with van der Waals surface area (Å²) in [7, 11) is -0.0511. The van der Waals surface area contributed by atoms with Crippen molar-refractivity contribution in [2.75, 3.05) is 14.2 Å². The summed E-state index contributed by atoms with van der Waals surface area (Å²) in [6, 6.07) is 0. The van der Waals surface area contributed by atoms with Crippen molar-refractivity contribution in [2.45, 2.75) is 30.3 Å². The van der Waals surface area contributed by atoms with E-state index in [9.17, 15) is 9.32 Å². The van der Waals surface area contributed by atoms with Crippen LogP contribution in [-0.2, 0) is 26.9 Å². The number of nitrogens with zero attached hydrogens (tertiary/aromatic N) is 2. The Labute approximate surface area is 105 Å². The Kier molecular flexibility index (Phi) is 4.26. The molecule has 1 unspecified atom stereocenters. The first-order valence-corrected chi connectivity index (χ1v) is 7.26. The maximum absolute atomic E-state index is 12.0. The average molecular weight is 279 g/mol. The molecule has 0 radical (unpaired) electrons. The number of ether oxygens (including phenoxy) is 1. The van der Waals surface area contributed by atoms with Gasteiger partial charge in [-0.05, 0) is 13.8 Å². The standard InChI is InChI=1S/C9H17N3O3S2/c1-9(2,13)8-12-6(5-15-4)7(16-8)17(10,14)11-3/h13H,5H2,1-4H3,(H2,10,11,14). The molecule has 0 aliphatic carbocycles. The molecule has 1 heterocycles. The predicted molar refractivity (Wildman–Crippen MR) is 67.0 cm³/mol. The molecule has 6 nitrogen and oxygen atoms in total. The van der Waals surface area contributed by atoms with E-state index in [2.05, 4.69) is 9.35 Å². The van der Waals surface area contributed by atoms with Crippen molar-refractivity contribution in [1.29, 1.82) is 0 Å². The van der Waals surface area contributed by atoms with Crippen LogP contribution in [0.4, 0.5) is 0 Å². The molecule has 3 N–H and O–H groups in total. The highest BCUT2D eigenvalue weighted by atomic mass is 32.2. The number of aromatic nitrogens is 1. The Morgan fingerprint density at radius 3 is 2.65 bits per heavy atom. The van der Waals surface area contributed by atoms with Crippen LogP contribution < -0.4 is 5.14 Å². The van der Waals surface area contributed by atoms with E-state index < -0.39 is 15.5 Å². The van der Waals surface area contributed by atoms with Crippen LogP contribution >= 0.6 is 11.3 Å². The molecule has 0 aromatic carbocycles. The Morgan fingerprint density at radius 2 is 2.24 bits per heavy atom. The Balaban J connectivity index is 3.39. The first-order valence-electron chi connectivity index (χ1n) is 4.87. The molecular formula is C9H17N3O3S2. The molecule has 1 aromatic rings. The predicted octanol–water partition coefficient (Wildman–Crippen LogP) is 0.847. The van der Waals surface area contributed by atoms with Gasteiger partial charge >= 0.3 is 0 Å².